The number of hydrogen-bond acceptors (Lipinski definition) is 3. The van der Waals surface area contributed by atoms with Crippen LogP contribution in [0.15, 0.2) is 28.5 Å². The first-order valence-electron chi connectivity index (χ1n) is 3.58. The van der Waals surface area contributed by atoms with Crippen LogP contribution in [0.1, 0.15) is 6.92 Å². The molecule has 2 nitrogen and oxygen atoms in total. The van der Waals surface area contributed by atoms with Gasteiger partial charge in [-0.05, 0) is 6.92 Å². The number of halogens is 2. The molecule has 0 aliphatic heterocycles. The Kier molecular flexibility index (Phi) is 4.56. The smallest absolute Gasteiger partial charge is 0.148 e. The van der Waals surface area contributed by atoms with Gasteiger partial charge in [-0.2, -0.15) is 0 Å². The van der Waals surface area contributed by atoms with Crippen molar-refractivity contribution >= 4 is 35.0 Å². The van der Waals surface area contributed by atoms with Gasteiger partial charge in [-0.25, -0.2) is 4.98 Å². The number of hydrogen-bond donors (Lipinski definition) is 0. The zero-order chi connectivity index (χ0) is 9.68. The lowest BCUT2D eigenvalue weighted by molar-refractivity contribution is 1.06. The third-order valence-electron chi connectivity index (χ3n) is 1.22. The fraction of sp³-hybridized carbons (Fsp3) is 0.250. The second-order valence-electron chi connectivity index (χ2n) is 2.42. The molecule has 0 saturated heterocycles. The summed E-state index contributed by atoms with van der Waals surface area (Å²) in [5.41, 5.74) is 2.65. The van der Waals surface area contributed by atoms with Gasteiger partial charge < -0.3 is 0 Å². The van der Waals surface area contributed by atoms with Crippen LogP contribution >= 0.6 is 35.0 Å². The summed E-state index contributed by atoms with van der Waals surface area (Å²) in [6.45, 7) is 1.96. The Hall–Kier alpha value is -0.250. The van der Waals surface area contributed by atoms with Crippen molar-refractivity contribution in [3.05, 3.63) is 28.7 Å². The molecule has 1 aromatic heterocycles. The highest BCUT2D eigenvalue weighted by atomic mass is 35.5. The Bertz CT molecular complexity index is 315. The van der Waals surface area contributed by atoms with Gasteiger partial charge >= 0.3 is 0 Å². The van der Waals surface area contributed by atoms with Gasteiger partial charge in [0.15, 0.2) is 0 Å². The molecule has 0 amide bonds. The van der Waals surface area contributed by atoms with Gasteiger partial charge in [0.05, 0.1) is 12.4 Å². The first-order valence-corrected chi connectivity index (χ1v) is 5.38. The SMILES string of the molecule is C/C(=C/Cl)CSc1cncc(Cl)n1. The Balaban J connectivity index is 2.55. The first kappa shape index (κ1) is 10.8. The van der Waals surface area contributed by atoms with E-state index >= 15 is 0 Å². The van der Waals surface area contributed by atoms with Crippen LogP contribution < -0.4 is 0 Å². The molecule has 1 rings (SSSR count). The molecule has 0 saturated carbocycles. The zero-order valence-corrected chi connectivity index (χ0v) is 9.33. The Labute approximate surface area is 91.4 Å². The minimum atomic E-state index is 0.414. The lowest BCUT2D eigenvalue weighted by Crippen LogP contribution is -1.86. The van der Waals surface area contributed by atoms with Crippen molar-refractivity contribution in [1.82, 2.24) is 9.97 Å². The highest BCUT2D eigenvalue weighted by Crippen LogP contribution is 2.18. The van der Waals surface area contributed by atoms with E-state index in [1.807, 2.05) is 6.92 Å². The van der Waals surface area contributed by atoms with Gasteiger partial charge in [-0.15, -0.1) is 11.8 Å². The van der Waals surface area contributed by atoms with Crippen LogP contribution in [0, 0.1) is 0 Å². The van der Waals surface area contributed by atoms with E-state index in [1.54, 1.807) is 23.5 Å². The van der Waals surface area contributed by atoms with E-state index in [0.717, 1.165) is 16.4 Å². The van der Waals surface area contributed by atoms with E-state index in [4.69, 9.17) is 23.2 Å². The Morgan fingerprint density at radius 3 is 3.00 bits per heavy atom. The first-order chi connectivity index (χ1) is 6.22. The van der Waals surface area contributed by atoms with E-state index in [1.165, 1.54) is 6.20 Å². The molecular weight excluding hydrogens is 227 g/mol. The van der Waals surface area contributed by atoms with Gasteiger partial charge in [0, 0.05) is 11.3 Å². The van der Waals surface area contributed by atoms with E-state index in [0.29, 0.717) is 5.15 Å². The monoisotopic (exact) mass is 234 g/mol. The molecule has 0 aromatic carbocycles. The van der Waals surface area contributed by atoms with Gasteiger partial charge in [0.2, 0.25) is 0 Å². The van der Waals surface area contributed by atoms with Crippen LogP contribution in [0.25, 0.3) is 0 Å². The van der Waals surface area contributed by atoms with Gasteiger partial charge in [0.1, 0.15) is 10.2 Å². The second-order valence-corrected chi connectivity index (χ2v) is 4.03. The van der Waals surface area contributed by atoms with Crippen LogP contribution in [0.3, 0.4) is 0 Å². The molecule has 1 aromatic rings. The molecule has 13 heavy (non-hydrogen) atoms. The average molecular weight is 235 g/mol. The number of aromatic nitrogens is 2. The molecule has 0 bridgehead atoms. The summed E-state index contributed by atoms with van der Waals surface area (Å²) < 4.78 is 0. The minimum Gasteiger partial charge on any atom is -0.259 e. The largest absolute Gasteiger partial charge is 0.259 e. The summed E-state index contributed by atoms with van der Waals surface area (Å²) in [7, 11) is 0. The van der Waals surface area contributed by atoms with Crippen LogP contribution in [-0.2, 0) is 0 Å². The summed E-state index contributed by atoms with van der Waals surface area (Å²) in [6, 6.07) is 0. The quantitative estimate of drug-likeness (QED) is 0.751. The lowest BCUT2D eigenvalue weighted by atomic mass is 10.4. The maximum absolute atomic E-state index is 5.67. The fourth-order valence-electron chi connectivity index (χ4n) is 0.614. The molecule has 0 aliphatic carbocycles. The fourth-order valence-corrected chi connectivity index (χ4v) is 1.74. The van der Waals surface area contributed by atoms with E-state index in [9.17, 15) is 0 Å². The molecule has 0 spiro atoms. The Morgan fingerprint density at radius 1 is 1.62 bits per heavy atom. The second kappa shape index (κ2) is 5.47. The van der Waals surface area contributed by atoms with E-state index in [2.05, 4.69) is 9.97 Å². The molecular formula is C8H8Cl2N2S. The number of rotatable bonds is 3. The number of thioether (sulfide) groups is 1. The summed E-state index contributed by atoms with van der Waals surface area (Å²) in [5.74, 6) is 0.804. The summed E-state index contributed by atoms with van der Waals surface area (Å²) >= 11 is 12.7. The van der Waals surface area contributed by atoms with Crippen molar-refractivity contribution in [1.29, 1.82) is 0 Å². The third kappa shape index (κ3) is 3.98. The Morgan fingerprint density at radius 2 is 2.38 bits per heavy atom. The minimum absolute atomic E-state index is 0.414. The molecule has 0 fully saturated rings. The lowest BCUT2D eigenvalue weighted by Gasteiger charge is -1.99. The van der Waals surface area contributed by atoms with Crippen LogP contribution in [0.2, 0.25) is 5.15 Å². The maximum Gasteiger partial charge on any atom is 0.148 e. The predicted molar refractivity (Wildman–Crippen MR) is 57.4 cm³/mol. The van der Waals surface area contributed by atoms with Crippen LogP contribution in [0.4, 0.5) is 0 Å². The third-order valence-corrected chi connectivity index (χ3v) is 2.86. The highest BCUT2D eigenvalue weighted by molar-refractivity contribution is 7.99. The standard InChI is InChI=1S/C8H8Cl2N2S/c1-6(2-9)5-13-8-4-11-3-7(10)12-8/h2-4H,5H2,1H3/b6-2-. The van der Waals surface area contributed by atoms with Crippen molar-refractivity contribution in [3.8, 4) is 0 Å². The molecule has 5 heteroatoms. The molecule has 0 atom stereocenters. The average Bonchev–Trinajstić information content (AvgIpc) is 2.14. The van der Waals surface area contributed by atoms with Crippen molar-refractivity contribution < 1.29 is 0 Å². The van der Waals surface area contributed by atoms with Crippen LogP contribution in [-0.4, -0.2) is 15.7 Å². The van der Waals surface area contributed by atoms with E-state index in [-0.39, 0.29) is 0 Å². The van der Waals surface area contributed by atoms with Gasteiger partial charge in [0.25, 0.3) is 0 Å². The molecule has 0 N–H and O–H groups in total. The molecule has 70 valence electrons. The van der Waals surface area contributed by atoms with Crippen LogP contribution in [0.5, 0.6) is 0 Å². The van der Waals surface area contributed by atoms with Crippen molar-refractivity contribution in [3.63, 3.8) is 0 Å². The molecule has 0 aliphatic rings. The van der Waals surface area contributed by atoms with Crippen molar-refractivity contribution in [2.45, 2.75) is 11.9 Å². The predicted octanol–water partition coefficient (Wildman–Crippen LogP) is 3.36. The van der Waals surface area contributed by atoms with Crippen molar-refractivity contribution in [2.24, 2.45) is 0 Å². The highest BCUT2D eigenvalue weighted by Gasteiger charge is 1.97. The molecule has 0 unspecified atom stereocenters. The van der Waals surface area contributed by atoms with Gasteiger partial charge in [-0.3, -0.25) is 4.98 Å². The summed E-state index contributed by atoms with van der Waals surface area (Å²) in [4.78, 5) is 8.00. The number of nitrogens with zero attached hydrogens (tertiary/aromatic N) is 2. The normalized spacial score (nSPS) is 11.8. The molecule has 0 radical (unpaired) electrons. The topological polar surface area (TPSA) is 25.8 Å². The van der Waals surface area contributed by atoms with Crippen molar-refractivity contribution in [2.75, 3.05) is 5.75 Å². The summed E-state index contributed by atoms with van der Waals surface area (Å²) in [6.07, 6.45) is 3.19. The zero-order valence-electron chi connectivity index (χ0n) is 7.00. The van der Waals surface area contributed by atoms with E-state index < -0.39 is 0 Å². The van der Waals surface area contributed by atoms with Gasteiger partial charge in [-0.1, -0.05) is 28.8 Å². The summed E-state index contributed by atoms with van der Waals surface area (Å²) in [5, 5.41) is 1.22. The molecule has 1 heterocycles. The maximum atomic E-state index is 5.67.